The minimum Gasteiger partial charge on any atom is -0.493 e. The topological polar surface area (TPSA) is 125 Å². The molecule has 0 atom stereocenters. The lowest BCUT2D eigenvalue weighted by Gasteiger charge is -2.15. The first-order chi connectivity index (χ1) is 12.9. The number of fused-ring (bicyclic) bond motifs is 1. The van der Waals surface area contributed by atoms with Crippen LogP contribution < -0.4 is 31.7 Å². The monoisotopic (exact) mass is 369 g/mol. The molecule has 27 heavy (non-hydrogen) atoms. The third-order valence-corrected chi connectivity index (χ3v) is 4.35. The zero-order valence-electron chi connectivity index (χ0n) is 15.2. The molecular weight excluding hydrogens is 352 g/mol. The van der Waals surface area contributed by atoms with Gasteiger partial charge in [-0.3, -0.25) is 13.9 Å². The number of nitrogens with zero attached hydrogens (tertiary/aromatic N) is 3. The van der Waals surface area contributed by atoms with Gasteiger partial charge >= 0.3 is 11.2 Å². The van der Waals surface area contributed by atoms with Crippen molar-refractivity contribution in [1.29, 1.82) is 5.26 Å². The second-order valence-electron chi connectivity index (χ2n) is 5.76. The average molecular weight is 369 g/mol. The molecule has 3 aromatic rings. The summed E-state index contributed by atoms with van der Waals surface area (Å²) in [4.78, 5) is 25.2. The summed E-state index contributed by atoms with van der Waals surface area (Å²) in [6.07, 6.45) is 0. The molecule has 0 saturated heterocycles. The van der Waals surface area contributed by atoms with Crippen molar-refractivity contribution in [3.8, 4) is 28.7 Å². The molecule has 0 bridgehead atoms. The van der Waals surface area contributed by atoms with E-state index in [-0.39, 0.29) is 27.8 Å². The van der Waals surface area contributed by atoms with Gasteiger partial charge in [0.25, 0.3) is 5.56 Å². The molecule has 9 nitrogen and oxygen atoms in total. The van der Waals surface area contributed by atoms with Gasteiger partial charge in [0, 0.05) is 25.2 Å². The molecule has 0 amide bonds. The zero-order chi connectivity index (χ0) is 19.9. The lowest BCUT2D eigenvalue weighted by Crippen LogP contribution is -2.47. The van der Waals surface area contributed by atoms with Crippen molar-refractivity contribution in [3.63, 3.8) is 0 Å². The lowest BCUT2D eigenvalue weighted by atomic mass is 9.97. The van der Waals surface area contributed by atoms with Crippen LogP contribution in [0, 0.1) is 11.3 Å². The molecule has 0 aliphatic heterocycles. The molecule has 0 radical (unpaired) electrons. The summed E-state index contributed by atoms with van der Waals surface area (Å²) < 4.78 is 18.3. The van der Waals surface area contributed by atoms with Gasteiger partial charge in [0.15, 0.2) is 17.1 Å². The fraction of sp³-hybridized carbons (Fsp3) is 0.222. The summed E-state index contributed by atoms with van der Waals surface area (Å²) in [5.74, 6) is 0.729. The number of nitriles is 1. The second-order valence-corrected chi connectivity index (χ2v) is 5.76. The number of benzene rings is 1. The fourth-order valence-electron chi connectivity index (χ4n) is 3.03. The Bertz CT molecular complexity index is 1290. The summed E-state index contributed by atoms with van der Waals surface area (Å²) in [7, 11) is 5.72. The van der Waals surface area contributed by atoms with Crippen LogP contribution in [0.2, 0.25) is 0 Å². The maximum Gasteiger partial charge on any atom is 0.384 e. The molecule has 1 aromatic carbocycles. The number of hydrogen-bond acceptors (Lipinski definition) is 6. The van der Waals surface area contributed by atoms with Gasteiger partial charge in [0.2, 0.25) is 5.71 Å². The van der Waals surface area contributed by atoms with E-state index in [0.717, 1.165) is 9.13 Å². The van der Waals surface area contributed by atoms with E-state index in [1.54, 1.807) is 18.2 Å². The summed E-state index contributed by atoms with van der Waals surface area (Å²) >= 11 is 0. The number of hydrogen-bond donors (Lipinski definition) is 1. The normalized spacial score (nSPS) is 10.6. The Kier molecular flexibility index (Phi) is 4.33. The molecule has 2 N–H and O–H groups in total. The Balaban J connectivity index is 2.70. The van der Waals surface area contributed by atoms with Gasteiger partial charge in [0.05, 0.1) is 14.2 Å². The average Bonchev–Trinajstić information content (AvgIpc) is 2.68. The Labute approximate surface area is 152 Å². The fourth-order valence-corrected chi connectivity index (χ4v) is 3.03. The number of rotatable bonds is 3. The highest BCUT2D eigenvalue weighted by atomic mass is 16.5. The first kappa shape index (κ1) is 18.0. The van der Waals surface area contributed by atoms with E-state index in [9.17, 15) is 14.9 Å². The first-order valence-corrected chi connectivity index (χ1v) is 7.84. The lowest BCUT2D eigenvalue weighted by molar-refractivity contribution is -0.197. The van der Waals surface area contributed by atoms with E-state index in [1.807, 2.05) is 6.07 Å². The number of nitrogens with two attached hydrogens (primary N) is 1. The van der Waals surface area contributed by atoms with Crippen LogP contribution in [0.1, 0.15) is 5.56 Å². The molecule has 0 aliphatic carbocycles. The highest BCUT2D eigenvalue weighted by Gasteiger charge is 2.26. The van der Waals surface area contributed by atoms with Gasteiger partial charge < -0.3 is 13.9 Å². The number of aryl methyl sites for hydroxylation is 1. The minimum absolute atomic E-state index is 0.0372. The molecule has 9 heteroatoms. The van der Waals surface area contributed by atoms with Crippen LogP contribution in [0.15, 0.2) is 32.2 Å². The first-order valence-electron chi connectivity index (χ1n) is 7.84. The maximum absolute atomic E-state index is 12.9. The van der Waals surface area contributed by atoms with Gasteiger partial charge in [-0.2, -0.15) is 5.26 Å². The summed E-state index contributed by atoms with van der Waals surface area (Å²) in [5, 5.41) is 15.6. The van der Waals surface area contributed by atoms with Crippen molar-refractivity contribution >= 4 is 11.1 Å². The van der Waals surface area contributed by atoms with E-state index < -0.39 is 11.2 Å². The standard InChI is InChI=1S/C18H16N4O5/c1-21-16(23)13-12(9-6-5-7-11(25-3)14(9)26-4)10(8-19)15(20)27-17(13)22(2)18(21)24/h5-7,20H,1-4H3/p+1. The summed E-state index contributed by atoms with van der Waals surface area (Å²) in [6, 6.07) is 7.01. The van der Waals surface area contributed by atoms with E-state index in [2.05, 4.69) is 0 Å². The van der Waals surface area contributed by atoms with Crippen molar-refractivity contribution in [1.82, 2.24) is 9.13 Å². The predicted octanol–water partition coefficient (Wildman–Crippen LogP) is -0.954. The predicted molar refractivity (Wildman–Crippen MR) is 95.0 cm³/mol. The molecule has 0 saturated carbocycles. The Hall–Kier alpha value is -3.80. The second kappa shape index (κ2) is 6.49. The molecule has 138 valence electrons. The molecule has 3 rings (SSSR count). The van der Waals surface area contributed by atoms with Crippen molar-refractivity contribution in [2.24, 2.45) is 14.1 Å². The van der Waals surface area contributed by atoms with Crippen LogP contribution in [0.5, 0.6) is 11.5 Å². The molecule has 0 spiro atoms. The number of ether oxygens (including phenoxy) is 2. The van der Waals surface area contributed by atoms with Crippen LogP contribution in [-0.4, -0.2) is 23.4 Å². The van der Waals surface area contributed by atoms with Crippen molar-refractivity contribution < 1.29 is 19.3 Å². The Morgan fingerprint density at radius 2 is 1.85 bits per heavy atom. The molecular formula is C18H17N4O5+. The third kappa shape index (κ3) is 2.50. The van der Waals surface area contributed by atoms with Crippen LogP contribution in [0.3, 0.4) is 0 Å². The molecule has 2 heterocycles. The smallest absolute Gasteiger partial charge is 0.384 e. The van der Waals surface area contributed by atoms with Crippen molar-refractivity contribution in [2.75, 3.05) is 14.2 Å². The highest BCUT2D eigenvalue weighted by Crippen LogP contribution is 2.40. The Morgan fingerprint density at radius 3 is 2.44 bits per heavy atom. The number of para-hydroxylation sites is 1. The van der Waals surface area contributed by atoms with E-state index in [4.69, 9.17) is 19.3 Å². The highest BCUT2D eigenvalue weighted by molar-refractivity contribution is 5.96. The van der Waals surface area contributed by atoms with E-state index in [1.165, 1.54) is 28.3 Å². The molecule has 0 unspecified atom stereocenters. The number of methoxy groups -OCH3 is 2. The third-order valence-electron chi connectivity index (χ3n) is 4.35. The molecule has 0 aliphatic rings. The van der Waals surface area contributed by atoms with Crippen molar-refractivity contribution in [3.05, 3.63) is 50.2 Å². The van der Waals surface area contributed by atoms with Gasteiger partial charge in [-0.1, -0.05) is 12.1 Å². The van der Waals surface area contributed by atoms with Gasteiger partial charge in [-0.05, 0) is 6.07 Å². The van der Waals surface area contributed by atoms with Gasteiger partial charge in [-0.25, -0.2) is 10.2 Å². The molecule has 2 aromatic heterocycles. The van der Waals surface area contributed by atoms with Crippen LogP contribution in [0.25, 0.3) is 22.2 Å². The summed E-state index contributed by atoms with van der Waals surface area (Å²) in [6.45, 7) is 0. The quantitative estimate of drug-likeness (QED) is 0.634. The van der Waals surface area contributed by atoms with Crippen LogP contribution >= 0.6 is 0 Å². The Morgan fingerprint density at radius 1 is 1.15 bits per heavy atom. The van der Waals surface area contributed by atoms with Crippen LogP contribution in [-0.2, 0) is 14.1 Å². The largest absolute Gasteiger partial charge is 0.493 e. The summed E-state index contributed by atoms with van der Waals surface area (Å²) in [5.41, 5.74) is -0.866. The van der Waals surface area contributed by atoms with E-state index in [0.29, 0.717) is 17.1 Å². The number of aromatic nitrogens is 2. The SMILES string of the molecule is COc1cccc(-c2c(C#N)c(=[NH2+])oc3c2c(=O)n(C)c(=O)n3C)c1OC. The van der Waals surface area contributed by atoms with Gasteiger partial charge in [-0.15, -0.1) is 0 Å². The maximum atomic E-state index is 12.9. The van der Waals surface area contributed by atoms with Crippen LogP contribution in [0.4, 0.5) is 0 Å². The minimum atomic E-state index is -0.617. The zero-order valence-corrected chi connectivity index (χ0v) is 15.2. The van der Waals surface area contributed by atoms with Gasteiger partial charge in [0.1, 0.15) is 11.5 Å². The van der Waals surface area contributed by atoms with E-state index >= 15 is 0 Å². The molecule has 0 fully saturated rings. The van der Waals surface area contributed by atoms with Crippen molar-refractivity contribution in [2.45, 2.75) is 0 Å².